The second-order valence-electron chi connectivity index (χ2n) is 10.2. The molecule has 12 nitrogen and oxygen atoms in total. The number of aryl methyl sites for hydroxylation is 3. The summed E-state index contributed by atoms with van der Waals surface area (Å²) >= 11 is 0. The van der Waals surface area contributed by atoms with Crippen LogP contribution in [0.15, 0.2) is 34.1 Å². The number of likely N-dealkylation sites (tertiary alicyclic amines) is 1. The number of aliphatic hydroxyl groups is 2. The zero-order valence-electron chi connectivity index (χ0n) is 21.3. The Hall–Kier alpha value is -3.77. The van der Waals surface area contributed by atoms with Crippen LogP contribution >= 0.6 is 0 Å². The molecule has 0 saturated carbocycles. The van der Waals surface area contributed by atoms with Crippen molar-refractivity contribution in [3.8, 4) is 0 Å². The largest absolute Gasteiger partial charge is 0.391 e. The fraction of sp³-hybridized carbons (Fsp3) is 0.480. The Morgan fingerprint density at radius 3 is 2.73 bits per heavy atom. The number of aromatic amines is 1. The summed E-state index contributed by atoms with van der Waals surface area (Å²) in [6, 6.07) is 5.07. The van der Waals surface area contributed by atoms with Gasteiger partial charge < -0.3 is 24.7 Å². The third-order valence-corrected chi connectivity index (χ3v) is 7.35. The van der Waals surface area contributed by atoms with Gasteiger partial charge in [-0.2, -0.15) is 0 Å². The van der Waals surface area contributed by atoms with Crippen molar-refractivity contribution < 1.29 is 15.0 Å². The molecule has 0 spiro atoms. The molecule has 1 aliphatic heterocycles. The Bertz CT molecular complexity index is 1630. The highest BCUT2D eigenvalue weighted by Crippen LogP contribution is 2.33. The van der Waals surface area contributed by atoms with Crippen LogP contribution in [0, 0.1) is 6.92 Å². The van der Waals surface area contributed by atoms with E-state index >= 15 is 0 Å². The summed E-state index contributed by atoms with van der Waals surface area (Å²) in [7, 11) is 2.91. The molecule has 1 fully saturated rings. The van der Waals surface area contributed by atoms with E-state index in [1.165, 1.54) is 34.5 Å². The molecule has 1 aromatic carbocycles. The third kappa shape index (κ3) is 4.36. The molecule has 3 atom stereocenters. The predicted octanol–water partition coefficient (Wildman–Crippen LogP) is 0.137. The molecule has 1 aliphatic rings. The first kappa shape index (κ1) is 24.9. The number of rotatable bonds is 4. The molecule has 4 aromatic rings. The van der Waals surface area contributed by atoms with Crippen LogP contribution in [0.4, 0.5) is 0 Å². The maximum absolute atomic E-state index is 13.3. The van der Waals surface area contributed by atoms with Crippen LogP contribution in [0.1, 0.15) is 37.2 Å². The maximum Gasteiger partial charge on any atom is 0.332 e. The van der Waals surface area contributed by atoms with Crippen LogP contribution in [-0.4, -0.2) is 74.5 Å². The summed E-state index contributed by atoms with van der Waals surface area (Å²) in [4.78, 5) is 52.1. The summed E-state index contributed by atoms with van der Waals surface area (Å²) in [6.45, 7) is 3.60. The van der Waals surface area contributed by atoms with E-state index in [2.05, 4.69) is 15.0 Å². The van der Waals surface area contributed by atoms with E-state index in [0.29, 0.717) is 6.42 Å². The van der Waals surface area contributed by atoms with E-state index < -0.39 is 29.0 Å². The highest BCUT2D eigenvalue weighted by Gasteiger charge is 2.42. The van der Waals surface area contributed by atoms with Gasteiger partial charge in [0.2, 0.25) is 5.91 Å². The number of nitrogens with zero attached hydrogens (tertiary/aromatic N) is 6. The summed E-state index contributed by atoms with van der Waals surface area (Å²) in [6.07, 6.45) is 1.17. The van der Waals surface area contributed by atoms with Gasteiger partial charge in [-0.25, -0.2) is 14.8 Å². The van der Waals surface area contributed by atoms with Crippen molar-refractivity contribution in [1.29, 1.82) is 0 Å². The molecule has 0 unspecified atom stereocenters. The lowest BCUT2D eigenvalue weighted by Crippen LogP contribution is -2.44. The number of H-pyrrole nitrogens is 1. The van der Waals surface area contributed by atoms with Gasteiger partial charge in [-0.05, 0) is 38.0 Å². The number of carbonyl (C=O) groups is 1. The van der Waals surface area contributed by atoms with Gasteiger partial charge in [0.05, 0.1) is 35.1 Å². The van der Waals surface area contributed by atoms with Crippen LogP contribution in [0.2, 0.25) is 0 Å². The van der Waals surface area contributed by atoms with E-state index in [-0.39, 0.29) is 43.0 Å². The van der Waals surface area contributed by atoms with Crippen LogP contribution in [0.25, 0.3) is 22.2 Å². The number of imidazole rings is 2. The van der Waals surface area contributed by atoms with Crippen LogP contribution < -0.4 is 11.2 Å². The minimum Gasteiger partial charge on any atom is -0.391 e. The zero-order chi connectivity index (χ0) is 26.6. The minimum absolute atomic E-state index is 0.00302. The van der Waals surface area contributed by atoms with Gasteiger partial charge in [-0.1, -0.05) is 6.07 Å². The Labute approximate surface area is 211 Å². The fourth-order valence-corrected chi connectivity index (χ4v) is 5.35. The quantitative estimate of drug-likeness (QED) is 0.354. The number of amides is 1. The molecule has 196 valence electrons. The van der Waals surface area contributed by atoms with Gasteiger partial charge in [-0.15, -0.1) is 0 Å². The molecule has 37 heavy (non-hydrogen) atoms. The van der Waals surface area contributed by atoms with Crippen LogP contribution in [0.3, 0.4) is 0 Å². The molecular formula is C25H31N7O5. The standard InChI is InChI=1S/C25H31N7O5/c1-14-27-17-7-5-15(9-18(17)28-14)6-8-20(34)31-11-16(33)10-25(2,37)19(12-31)32-13-26-22-21(32)23(35)30(4)24(36)29(22)3/h5,7,9,13,16,19,33,37H,6,8,10-12H2,1-4H3,(H,27,28)/t16-,19+,25+/m1/s1. The third-order valence-electron chi connectivity index (χ3n) is 7.35. The Morgan fingerprint density at radius 1 is 1.22 bits per heavy atom. The van der Waals surface area contributed by atoms with E-state index in [4.69, 9.17) is 0 Å². The molecule has 0 bridgehead atoms. The predicted molar refractivity (Wildman–Crippen MR) is 136 cm³/mol. The van der Waals surface area contributed by atoms with Crippen molar-refractivity contribution in [2.45, 2.75) is 50.9 Å². The molecule has 3 aromatic heterocycles. The van der Waals surface area contributed by atoms with Crippen LogP contribution in [0.5, 0.6) is 0 Å². The summed E-state index contributed by atoms with van der Waals surface area (Å²) in [5.41, 5.74) is 0.595. The van der Waals surface area contributed by atoms with Crippen molar-refractivity contribution in [3.63, 3.8) is 0 Å². The number of β-amino-alcohol motifs (C(OH)–C–C–N with tert-alkyl or cyclic N) is 1. The minimum atomic E-state index is -1.45. The van der Waals surface area contributed by atoms with Crippen molar-refractivity contribution in [1.82, 2.24) is 33.6 Å². The summed E-state index contributed by atoms with van der Waals surface area (Å²) < 4.78 is 3.79. The SMILES string of the molecule is Cc1nc2ccc(CCC(=O)N3C[C@H](O)C[C@](C)(O)[C@@H](n4cnc5c4c(=O)n(C)c(=O)n5C)C3)cc2[nH]1. The number of nitrogens with one attached hydrogen (secondary N) is 1. The monoisotopic (exact) mass is 509 g/mol. The number of fused-ring (bicyclic) bond motifs is 2. The highest BCUT2D eigenvalue weighted by molar-refractivity contribution is 5.78. The average Bonchev–Trinajstić information content (AvgIpc) is 3.41. The Balaban J connectivity index is 1.44. The first-order valence-electron chi connectivity index (χ1n) is 12.2. The topological polar surface area (TPSA) is 151 Å². The van der Waals surface area contributed by atoms with Gasteiger partial charge in [-0.3, -0.25) is 18.7 Å². The Kier molecular flexibility index (Phi) is 6.03. The van der Waals surface area contributed by atoms with Crippen molar-refractivity contribution in [2.24, 2.45) is 14.1 Å². The van der Waals surface area contributed by atoms with E-state index in [1.54, 1.807) is 6.92 Å². The first-order chi connectivity index (χ1) is 17.5. The van der Waals surface area contributed by atoms with Gasteiger partial charge in [0.1, 0.15) is 5.82 Å². The number of carbonyl (C=O) groups excluding carboxylic acids is 1. The molecular weight excluding hydrogens is 478 g/mol. The lowest BCUT2D eigenvalue weighted by atomic mass is 9.91. The summed E-state index contributed by atoms with van der Waals surface area (Å²) in [5, 5.41) is 22.0. The molecule has 5 rings (SSSR count). The maximum atomic E-state index is 13.3. The molecule has 4 heterocycles. The van der Waals surface area contributed by atoms with Gasteiger partial charge in [0.25, 0.3) is 5.56 Å². The number of aliphatic hydroxyl groups excluding tert-OH is 1. The smallest absolute Gasteiger partial charge is 0.332 e. The van der Waals surface area contributed by atoms with Gasteiger partial charge >= 0.3 is 5.69 Å². The normalized spacial score (nSPS) is 22.6. The second kappa shape index (κ2) is 8.96. The first-order valence-corrected chi connectivity index (χ1v) is 12.2. The lowest BCUT2D eigenvalue weighted by molar-refractivity contribution is -0.132. The fourth-order valence-electron chi connectivity index (χ4n) is 5.35. The molecule has 1 amide bonds. The van der Waals surface area contributed by atoms with E-state index in [0.717, 1.165) is 27.0 Å². The van der Waals surface area contributed by atoms with Crippen molar-refractivity contribution >= 4 is 28.1 Å². The zero-order valence-corrected chi connectivity index (χ0v) is 21.3. The van der Waals surface area contributed by atoms with Crippen molar-refractivity contribution in [3.05, 3.63) is 56.8 Å². The van der Waals surface area contributed by atoms with Crippen LogP contribution in [-0.2, 0) is 25.3 Å². The number of aromatic nitrogens is 6. The van der Waals surface area contributed by atoms with Crippen molar-refractivity contribution in [2.75, 3.05) is 13.1 Å². The average molecular weight is 510 g/mol. The number of hydrogen-bond acceptors (Lipinski definition) is 7. The lowest BCUT2D eigenvalue weighted by Gasteiger charge is -2.34. The molecule has 0 radical (unpaired) electrons. The Morgan fingerprint density at radius 2 is 1.97 bits per heavy atom. The molecule has 0 aliphatic carbocycles. The molecule has 12 heteroatoms. The molecule has 1 saturated heterocycles. The highest BCUT2D eigenvalue weighted by atomic mass is 16.3. The second-order valence-corrected chi connectivity index (χ2v) is 10.2. The molecule has 3 N–H and O–H groups in total. The summed E-state index contributed by atoms with van der Waals surface area (Å²) in [5.74, 6) is 0.647. The number of benzene rings is 1. The van der Waals surface area contributed by atoms with E-state index in [1.807, 2.05) is 25.1 Å². The van der Waals surface area contributed by atoms with E-state index in [9.17, 15) is 24.6 Å². The van der Waals surface area contributed by atoms with Gasteiger partial charge in [0.15, 0.2) is 11.2 Å². The number of hydrogen-bond donors (Lipinski definition) is 3. The van der Waals surface area contributed by atoms with Gasteiger partial charge in [0, 0.05) is 40.0 Å².